The van der Waals surface area contributed by atoms with Gasteiger partial charge in [-0.15, -0.1) is 0 Å². The van der Waals surface area contributed by atoms with Crippen LogP contribution in [0.15, 0.2) is 24.8 Å². The summed E-state index contributed by atoms with van der Waals surface area (Å²) in [5, 5.41) is 6.00. The van der Waals surface area contributed by atoms with Crippen LogP contribution in [0.5, 0.6) is 0 Å². The van der Waals surface area contributed by atoms with Crippen LogP contribution in [0.3, 0.4) is 0 Å². The average molecular weight is 551 g/mol. The smallest absolute Gasteiger partial charge is 0.407 e. The predicted octanol–water partition coefficient (Wildman–Crippen LogP) is 5.27. The molecule has 4 bridgehead atoms. The minimum absolute atomic E-state index is 0.235. The normalized spacial score (nSPS) is 33.0. The highest BCUT2D eigenvalue weighted by Crippen LogP contribution is 2.67. The monoisotopic (exact) mass is 550 g/mol. The zero-order valence-electron chi connectivity index (χ0n) is 23.4. The second-order valence-electron chi connectivity index (χ2n) is 13.3. The van der Waals surface area contributed by atoms with Crippen LogP contribution in [-0.2, 0) is 22.6 Å². The average Bonchev–Trinajstić information content (AvgIpc) is 3.69. The Hall–Kier alpha value is -3.04. The Morgan fingerprint density at radius 3 is 1.75 bits per heavy atom. The van der Waals surface area contributed by atoms with E-state index in [9.17, 15) is 9.59 Å². The third-order valence-electron chi connectivity index (χ3n) is 10.4. The number of carbonyl (C=O) groups is 2. The van der Waals surface area contributed by atoms with Crippen LogP contribution in [0.25, 0.3) is 0 Å². The van der Waals surface area contributed by atoms with Crippen molar-refractivity contribution in [3.05, 3.63) is 36.4 Å². The molecule has 6 aliphatic rings. The summed E-state index contributed by atoms with van der Waals surface area (Å²) in [6.45, 7) is 3.04. The SMILES string of the molecule is O=C(NCCCC12CC3CC(C1)CC(CCCNC(=O)OC1CCn4ccnc41)(C3)C2)OC1CCn2ccnc21. The van der Waals surface area contributed by atoms with Crippen molar-refractivity contribution >= 4 is 12.2 Å². The maximum absolute atomic E-state index is 12.4. The molecule has 2 N–H and O–H groups in total. The highest BCUT2D eigenvalue weighted by molar-refractivity contribution is 5.67. The van der Waals surface area contributed by atoms with E-state index in [1.54, 1.807) is 12.4 Å². The van der Waals surface area contributed by atoms with E-state index < -0.39 is 0 Å². The molecule has 4 heterocycles. The molecule has 10 heteroatoms. The number of aromatic nitrogens is 4. The molecule has 2 aromatic rings. The number of nitrogens with zero attached hydrogens (tertiary/aromatic N) is 4. The van der Waals surface area contributed by atoms with Crippen molar-refractivity contribution in [1.29, 1.82) is 0 Å². The molecule has 4 fully saturated rings. The number of hydrogen-bond acceptors (Lipinski definition) is 6. The van der Waals surface area contributed by atoms with Gasteiger partial charge in [0.2, 0.25) is 0 Å². The first-order valence-corrected chi connectivity index (χ1v) is 15.4. The number of carbonyl (C=O) groups excluding carboxylic acids is 2. The summed E-state index contributed by atoms with van der Waals surface area (Å²) in [7, 11) is 0. The quantitative estimate of drug-likeness (QED) is 0.390. The fourth-order valence-corrected chi connectivity index (χ4v) is 9.47. The first kappa shape index (κ1) is 25.9. The minimum Gasteiger partial charge on any atom is -0.438 e. The van der Waals surface area contributed by atoms with Gasteiger partial charge in [-0.05, 0) is 86.9 Å². The highest BCUT2D eigenvalue weighted by Gasteiger charge is 2.56. The summed E-state index contributed by atoms with van der Waals surface area (Å²) in [5.74, 6) is 3.38. The van der Waals surface area contributed by atoms with Crippen LogP contribution in [0.2, 0.25) is 0 Å². The molecule has 2 aromatic heterocycles. The number of aryl methyl sites for hydroxylation is 2. The molecule has 4 aliphatic carbocycles. The number of rotatable bonds is 10. The van der Waals surface area contributed by atoms with E-state index in [0.717, 1.165) is 62.3 Å². The summed E-state index contributed by atoms with van der Waals surface area (Å²) >= 11 is 0. The molecule has 0 radical (unpaired) electrons. The van der Waals surface area contributed by atoms with Crippen molar-refractivity contribution in [2.24, 2.45) is 22.7 Å². The van der Waals surface area contributed by atoms with E-state index in [2.05, 4.69) is 29.7 Å². The summed E-state index contributed by atoms with van der Waals surface area (Å²) in [5.41, 5.74) is 0.839. The molecule has 2 amide bonds. The standard InChI is InChI=1S/C30H42N6O4/c37-27(39-23-3-11-35-13-9-31-25(23)35)33-7-1-5-29-16-21-15-22(17-29)19-30(18-21,20-29)6-2-8-34-28(38)40-24-4-12-36-14-10-32-26(24)36/h9-10,13-14,21-24H,1-8,11-12,15-20H2,(H,33,37)(H,34,38). The van der Waals surface area contributed by atoms with Crippen LogP contribution in [0, 0.1) is 22.7 Å². The van der Waals surface area contributed by atoms with Gasteiger partial charge in [0.15, 0.2) is 12.2 Å². The number of nitrogens with one attached hydrogen (secondary N) is 2. The second-order valence-corrected chi connectivity index (χ2v) is 13.3. The van der Waals surface area contributed by atoms with Crippen molar-refractivity contribution in [2.75, 3.05) is 13.1 Å². The van der Waals surface area contributed by atoms with E-state index in [4.69, 9.17) is 9.47 Å². The van der Waals surface area contributed by atoms with Gasteiger partial charge < -0.3 is 29.2 Å². The van der Waals surface area contributed by atoms with E-state index in [1.165, 1.54) is 51.4 Å². The number of amides is 2. The summed E-state index contributed by atoms with van der Waals surface area (Å²) in [4.78, 5) is 33.5. The Balaban J connectivity index is 0.848. The molecular formula is C30H42N6O4. The zero-order chi connectivity index (χ0) is 27.2. The lowest BCUT2D eigenvalue weighted by Crippen LogP contribution is -2.52. The van der Waals surface area contributed by atoms with E-state index in [0.29, 0.717) is 23.9 Å². The van der Waals surface area contributed by atoms with Crippen molar-refractivity contribution in [3.63, 3.8) is 0 Å². The van der Waals surface area contributed by atoms with Gasteiger partial charge in [0.05, 0.1) is 0 Å². The van der Waals surface area contributed by atoms with E-state index >= 15 is 0 Å². The Morgan fingerprint density at radius 1 is 0.800 bits per heavy atom. The van der Waals surface area contributed by atoms with Gasteiger partial charge in [-0.3, -0.25) is 0 Å². The molecule has 8 rings (SSSR count). The van der Waals surface area contributed by atoms with Gasteiger partial charge in [-0.25, -0.2) is 19.6 Å². The third-order valence-corrected chi connectivity index (χ3v) is 10.4. The molecule has 2 atom stereocenters. The van der Waals surface area contributed by atoms with Crippen LogP contribution in [-0.4, -0.2) is 44.4 Å². The van der Waals surface area contributed by atoms with Crippen LogP contribution < -0.4 is 10.6 Å². The van der Waals surface area contributed by atoms with E-state index in [1.807, 2.05) is 12.4 Å². The second kappa shape index (κ2) is 10.4. The van der Waals surface area contributed by atoms with Crippen molar-refractivity contribution in [3.8, 4) is 0 Å². The molecule has 216 valence electrons. The first-order chi connectivity index (χ1) is 19.5. The van der Waals surface area contributed by atoms with Crippen LogP contribution in [0.4, 0.5) is 9.59 Å². The Morgan fingerprint density at radius 2 is 1.27 bits per heavy atom. The van der Waals surface area contributed by atoms with Gasteiger partial charge in [-0.2, -0.15) is 0 Å². The molecular weight excluding hydrogens is 508 g/mol. The van der Waals surface area contributed by atoms with Crippen molar-refractivity contribution in [1.82, 2.24) is 29.7 Å². The number of imidazole rings is 2. The lowest BCUT2D eigenvalue weighted by atomic mass is 9.42. The number of alkyl carbamates (subject to hydrolysis) is 2. The van der Waals surface area contributed by atoms with Gasteiger partial charge >= 0.3 is 12.2 Å². The topological polar surface area (TPSA) is 112 Å². The first-order valence-electron chi connectivity index (χ1n) is 15.4. The van der Waals surface area contributed by atoms with Crippen LogP contribution >= 0.6 is 0 Å². The molecule has 2 aliphatic heterocycles. The van der Waals surface area contributed by atoms with Crippen molar-refractivity contribution in [2.45, 2.75) is 102 Å². The van der Waals surface area contributed by atoms with Gasteiger partial charge in [-0.1, -0.05) is 0 Å². The number of hydrogen-bond donors (Lipinski definition) is 2. The molecule has 0 aromatic carbocycles. The molecule has 0 spiro atoms. The highest BCUT2D eigenvalue weighted by atomic mass is 16.6. The summed E-state index contributed by atoms with van der Waals surface area (Å²) in [6, 6.07) is 0. The largest absolute Gasteiger partial charge is 0.438 e. The Labute approximate surface area is 235 Å². The van der Waals surface area contributed by atoms with Crippen molar-refractivity contribution < 1.29 is 19.1 Å². The molecule has 4 saturated carbocycles. The molecule has 0 saturated heterocycles. The van der Waals surface area contributed by atoms with Gasteiger partial charge in [0.1, 0.15) is 11.6 Å². The van der Waals surface area contributed by atoms with Crippen LogP contribution in [0.1, 0.15) is 101 Å². The number of ether oxygens (including phenoxy) is 2. The van der Waals surface area contributed by atoms with E-state index in [-0.39, 0.29) is 24.4 Å². The molecule has 40 heavy (non-hydrogen) atoms. The lowest BCUT2D eigenvalue weighted by Gasteiger charge is -2.63. The maximum atomic E-state index is 12.4. The minimum atomic E-state index is -0.326. The zero-order valence-corrected chi connectivity index (χ0v) is 23.4. The lowest BCUT2D eigenvalue weighted by molar-refractivity contribution is -0.118. The maximum Gasteiger partial charge on any atom is 0.407 e. The van der Waals surface area contributed by atoms with Gasteiger partial charge in [0.25, 0.3) is 0 Å². The fourth-order valence-electron chi connectivity index (χ4n) is 9.47. The predicted molar refractivity (Wildman–Crippen MR) is 146 cm³/mol. The fraction of sp³-hybridized carbons (Fsp3) is 0.733. The Bertz CT molecular complexity index is 1130. The van der Waals surface area contributed by atoms with Gasteiger partial charge in [0, 0.05) is 63.8 Å². The molecule has 2 unspecified atom stereocenters. The Kier molecular flexibility index (Phi) is 6.74. The summed E-state index contributed by atoms with van der Waals surface area (Å²) in [6.07, 6.45) is 20.3. The number of fused-ring (bicyclic) bond motifs is 2. The molecule has 10 nitrogen and oxygen atoms in total. The summed E-state index contributed by atoms with van der Waals surface area (Å²) < 4.78 is 15.4. The third kappa shape index (κ3) is 5.09.